The molecule has 6 nitrogen and oxygen atoms in total. The Morgan fingerprint density at radius 1 is 1.33 bits per heavy atom. The van der Waals surface area contributed by atoms with Crippen LogP contribution in [0, 0.1) is 5.92 Å². The van der Waals surface area contributed by atoms with Crippen molar-refractivity contribution in [3.8, 4) is 0 Å². The monoisotopic (exact) mass is 293 g/mol. The van der Waals surface area contributed by atoms with Crippen LogP contribution in [0.5, 0.6) is 0 Å². The van der Waals surface area contributed by atoms with Crippen molar-refractivity contribution < 1.29 is 14.4 Å². The second-order valence-corrected chi connectivity index (χ2v) is 6.66. The summed E-state index contributed by atoms with van der Waals surface area (Å²) in [6.07, 6.45) is 6.67. The predicted molar refractivity (Wildman–Crippen MR) is 76.4 cm³/mol. The Morgan fingerprint density at radius 2 is 2.00 bits per heavy atom. The van der Waals surface area contributed by atoms with Crippen molar-refractivity contribution in [1.82, 2.24) is 15.5 Å². The molecule has 1 saturated heterocycles. The van der Waals surface area contributed by atoms with E-state index in [4.69, 9.17) is 0 Å². The summed E-state index contributed by atoms with van der Waals surface area (Å²) < 4.78 is 0. The van der Waals surface area contributed by atoms with Gasteiger partial charge in [-0.2, -0.15) is 0 Å². The highest BCUT2D eigenvalue weighted by atomic mass is 16.2. The molecule has 3 rings (SSSR count). The number of hydrogen-bond donors (Lipinski definition) is 2. The van der Waals surface area contributed by atoms with Gasteiger partial charge in [-0.3, -0.25) is 14.5 Å². The predicted octanol–water partition coefficient (Wildman–Crippen LogP) is 1.16. The van der Waals surface area contributed by atoms with Crippen LogP contribution in [-0.2, 0) is 9.59 Å². The van der Waals surface area contributed by atoms with Crippen LogP contribution in [0.3, 0.4) is 0 Å². The van der Waals surface area contributed by atoms with Crippen LogP contribution in [0.1, 0.15) is 51.9 Å². The number of rotatable bonds is 4. The summed E-state index contributed by atoms with van der Waals surface area (Å²) in [6.45, 7) is 1.81. The quantitative estimate of drug-likeness (QED) is 0.763. The highest BCUT2D eigenvalue weighted by Crippen LogP contribution is 2.34. The molecule has 1 atom stereocenters. The third-order valence-corrected chi connectivity index (χ3v) is 4.97. The first-order valence-electron chi connectivity index (χ1n) is 7.95. The molecule has 1 spiro atoms. The van der Waals surface area contributed by atoms with Gasteiger partial charge >= 0.3 is 6.03 Å². The number of nitrogens with one attached hydrogen (secondary N) is 2. The first-order valence-corrected chi connectivity index (χ1v) is 7.95. The van der Waals surface area contributed by atoms with Crippen LogP contribution in [0.25, 0.3) is 0 Å². The van der Waals surface area contributed by atoms with E-state index in [1.54, 1.807) is 0 Å². The molecule has 3 fully saturated rings. The van der Waals surface area contributed by atoms with Gasteiger partial charge in [0.05, 0.1) is 0 Å². The number of amides is 4. The van der Waals surface area contributed by atoms with E-state index in [0.29, 0.717) is 18.8 Å². The van der Waals surface area contributed by atoms with Crippen molar-refractivity contribution in [2.45, 2.75) is 63.5 Å². The SMILES string of the molecule is C[C@H](NC(=O)CN1C(=O)NC2(CCCCC2)C1=O)C1CC1. The zero-order valence-electron chi connectivity index (χ0n) is 12.5. The second kappa shape index (κ2) is 5.31. The Kier molecular flexibility index (Phi) is 3.63. The standard InChI is InChI=1S/C15H23N3O3/c1-10(11-5-6-11)16-12(19)9-18-13(20)15(17-14(18)21)7-3-2-4-8-15/h10-11H,2-9H2,1H3,(H,16,19)(H,17,21)/t10-/m0/s1. The fourth-order valence-corrected chi connectivity index (χ4v) is 3.47. The zero-order valence-corrected chi connectivity index (χ0v) is 12.5. The fourth-order valence-electron chi connectivity index (χ4n) is 3.47. The van der Waals surface area contributed by atoms with Gasteiger partial charge in [-0.25, -0.2) is 4.79 Å². The van der Waals surface area contributed by atoms with E-state index in [2.05, 4.69) is 10.6 Å². The first kappa shape index (κ1) is 14.4. The maximum Gasteiger partial charge on any atom is 0.325 e. The second-order valence-electron chi connectivity index (χ2n) is 6.66. The van der Waals surface area contributed by atoms with Gasteiger partial charge in [-0.15, -0.1) is 0 Å². The lowest BCUT2D eigenvalue weighted by molar-refractivity contribution is -0.136. The van der Waals surface area contributed by atoms with Crippen molar-refractivity contribution >= 4 is 17.8 Å². The maximum absolute atomic E-state index is 12.5. The van der Waals surface area contributed by atoms with Gasteiger partial charge in [0.15, 0.2) is 0 Å². The molecule has 0 aromatic rings. The molecule has 21 heavy (non-hydrogen) atoms. The van der Waals surface area contributed by atoms with E-state index in [1.165, 1.54) is 0 Å². The third-order valence-electron chi connectivity index (χ3n) is 4.97. The lowest BCUT2D eigenvalue weighted by Gasteiger charge is -2.30. The van der Waals surface area contributed by atoms with Crippen molar-refractivity contribution in [1.29, 1.82) is 0 Å². The van der Waals surface area contributed by atoms with Gasteiger partial charge in [0.25, 0.3) is 5.91 Å². The molecule has 6 heteroatoms. The minimum Gasteiger partial charge on any atom is -0.352 e. The van der Waals surface area contributed by atoms with Gasteiger partial charge in [0, 0.05) is 6.04 Å². The first-order chi connectivity index (χ1) is 10.0. The molecule has 2 N–H and O–H groups in total. The van der Waals surface area contributed by atoms with Gasteiger partial charge in [0.2, 0.25) is 5.91 Å². The van der Waals surface area contributed by atoms with Gasteiger partial charge < -0.3 is 10.6 Å². The Hall–Kier alpha value is -1.59. The summed E-state index contributed by atoms with van der Waals surface area (Å²) in [5.41, 5.74) is -0.738. The average Bonchev–Trinajstić information content (AvgIpc) is 3.26. The van der Waals surface area contributed by atoms with E-state index in [9.17, 15) is 14.4 Å². The largest absolute Gasteiger partial charge is 0.352 e. The Labute approximate surface area is 124 Å². The Balaban J connectivity index is 1.60. The van der Waals surface area contributed by atoms with Crippen LogP contribution >= 0.6 is 0 Å². The fraction of sp³-hybridized carbons (Fsp3) is 0.800. The number of nitrogens with zero attached hydrogens (tertiary/aromatic N) is 1. The lowest BCUT2D eigenvalue weighted by atomic mass is 9.82. The summed E-state index contributed by atoms with van der Waals surface area (Å²) in [4.78, 5) is 37.7. The van der Waals surface area contributed by atoms with Crippen LogP contribution in [0.15, 0.2) is 0 Å². The Morgan fingerprint density at radius 3 is 2.62 bits per heavy atom. The molecule has 0 bridgehead atoms. The summed E-state index contributed by atoms with van der Waals surface area (Å²) >= 11 is 0. The number of imide groups is 1. The van der Waals surface area contributed by atoms with E-state index < -0.39 is 11.6 Å². The summed E-state index contributed by atoms with van der Waals surface area (Å²) in [6, 6.07) is -0.293. The van der Waals surface area contributed by atoms with Crippen molar-refractivity contribution in [3.05, 3.63) is 0 Å². The van der Waals surface area contributed by atoms with Crippen molar-refractivity contribution in [2.75, 3.05) is 6.54 Å². The minimum atomic E-state index is -0.738. The van der Waals surface area contributed by atoms with E-state index in [0.717, 1.165) is 37.0 Å². The highest BCUT2D eigenvalue weighted by Gasteiger charge is 2.51. The van der Waals surface area contributed by atoms with Crippen LogP contribution in [0.4, 0.5) is 4.79 Å². The minimum absolute atomic E-state index is 0.127. The maximum atomic E-state index is 12.5. The molecule has 0 aromatic heterocycles. The molecule has 0 radical (unpaired) electrons. The molecule has 1 aliphatic heterocycles. The molecule has 3 aliphatic rings. The molecule has 4 amide bonds. The number of urea groups is 1. The third kappa shape index (κ3) is 2.76. The van der Waals surface area contributed by atoms with Gasteiger partial charge in [-0.05, 0) is 38.5 Å². The topological polar surface area (TPSA) is 78.5 Å². The van der Waals surface area contributed by atoms with Gasteiger partial charge in [-0.1, -0.05) is 19.3 Å². The van der Waals surface area contributed by atoms with Crippen molar-refractivity contribution in [3.63, 3.8) is 0 Å². The van der Waals surface area contributed by atoms with Gasteiger partial charge in [0.1, 0.15) is 12.1 Å². The normalized spacial score (nSPS) is 25.9. The summed E-state index contributed by atoms with van der Waals surface area (Å²) in [5, 5.41) is 5.71. The molecule has 2 saturated carbocycles. The van der Waals surface area contributed by atoms with E-state index >= 15 is 0 Å². The lowest BCUT2D eigenvalue weighted by Crippen LogP contribution is -2.49. The zero-order chi connectivity index (χ0) is 15.0. The molecule has 1 heterocycles. The average molecular weight is 293 g/mol. The number of hydrogen-bond acceptors (Lipinski definition) is 3. The molecular weight excluding hydrogens is 270 g/mol. The Bertz CT molecular complexity index is 467. The number of carbonyl (C=O) groups is 3. The van der Waals surface area contributed by atoms with Crippen LogP contribution < -0.4 is 10.6 Å². The molecule has 2 aliphatic carbocycles. The molecular formula is C15H23N3O3. The smallest absolute Gasteiger partial charge is 0.325 e. The summed E-state index contributed by atoms with van der Waals surface area (Å²) in [5.74, 6) is 0.0916. The van der Waals surface area contributed by atoms with E-state index in [1.807, 2.05) is 6.92 Å². The molecule has 0 aromatic carbocycles. The van der Waals surface area contributed by atoms with Crippen molar-refractivity contribution in [2.24, 2.45) is 5.92 Å². The van der Waals surface area contributed by atoms with E-state index in [-0.39, 0.29) is 24.4 Å². The number of carbonyl (C=O) groups excluding carboxylic acids is 3. The molecule has 116 valence electrons. The molecule has 0 unspecified atom stereocenters. The van der Waals surface area contributed by atoms with Crippen LogP contribution in [-0.4, -0.2) is 40.9 Å². The van der Waals surface area contributed by atoms with Crippen LogP contribution in [0.2, 0.25) is 0 Å². The highest BCUT2D eigenvalue weighted by molar-refractivity contribution is 6.09. The summed E-state index contributed by atoms with van der Waals surface area (Å²) in [7, 11) is 0.